The summed E-state index contributed by atoms with van der Waals surface area (Å²) in [5.41, 5.74) is 8.53. The summed E-state index contributed by atoms with van der Waals surface area (Å²) < 4.78 is 0. The smallest absolute Gasteiger partial charge is 0.0899 e. The zero-order chi connectivity index (χ0) is 13.8. The number of thiocarbonyl (C=S) groups is 1. The highest BCUT2D eigenvalue weighted by molar-refractivity contribution is 7.80. The maximum atomic E-state index is 5.72. The van der Waals surface area contributed by atoms with Gasteiger partial charge in [0.25, 0.3) is 0 Å². The van der Waals surface area contributed by atoms with E-state index < -0.39 is 0 Å². The van der Waals surface area contributed by atoms with Crippen molar-refractivity contribution in [3.8, 4) is 0 Å². The molecule has 0 spiro atoms. The molecule has 104 valence electrons. The van der Waals surface area contributed by atoms with Crippen LogP contribution >= 0.6 is 12.2 Å². The molecule has 1 heterocycles. The van der Waals surface area contributed by atoms with Crippen LogP contribution in [0.15, 0.2) is 24.3 Å². The minimum Gasteiger partial charge on any atom is -0.392 e. The molecule has 0 saturated carbocycles. The van der Waals surface area contributed by atoms with Gasteiger partial charge in [-0.1, -0.05) is 36.5 Å². The molecule has 1 aliphatic heterocycles. The standard InChI is InChI=1S/C15H23N3S/c1-12-5-3-4-6-14(12)11-17-7-9-18(10-8-17)13(2)15(16)19/h3-6,13H,7-11H2,1-2H3,(H2,16,19). The fourth-order valence-corrected chi connectivity index (χ4v) is 2.67. The van der Waals surface area contributed by atoms with Crippen molar-refractivity contribution in [2.24, 2.45) is 5.73 Å². The van der Waals surface area contributed by atoms with Gasteiger partial charge in [-0.2, -0.15) is 0 Å². The Hall–Kier alpha value is -0.970. The Labute approximate surface area is 121 Å². The van der Waals surface area contributed by atoms with E-state index in [1.165, 1.54) is 11.1 Å². The molecule has 0 bridgehead atoms. The van der Waals surface area contributed by atoms with E-state index in [1.54, 1.807) is 0 Å². The van der Waals surface area contributed by atoms with Crippen LogP contribution in [0.25, 0.3) is 0 Å². The van der Waals surface area contributed by atoms with E-state index >= 15 is 0 Å². The minimum absolute atomic E-state index is 0.218. The molecule has 2 rings (SSSR count). The van der Waals surface area contributed by atoms with Gasteiger partial charge in [0, 0.05) is 32.7 Å². The maximum Gasteiger partial charge on any atom is 0.0899 e. The molecule has 1 fully saturated rings. The summed E-state index contributed by atoms with van der Waals surface area (Å²) in [5.74, 6) is 0. The summed E-state index contributed by atoms with van der Waals surface area (Å²) >= 11 is 5.07. The predicted molar refractivity (Wildman–Crippen MR) is 84.3 cm³/mol. The maximum absolute atomic E-state index is 5.72. The van der Waals surface area contributed by atoms with Crippen LogP contribution in [-0.4, -0.2) is 47.0 Å². The molecule has 1 aromatic rings. The van der Waals surface area contributed by atoms with Crippen molar-refractivity contribution in [1.82, 2.24) is 9.80 Å². The number of benzene rings is 1. The van der Waals surface area contributed by atoms with Gasteiger partial charge < -0.3 is 5.73 Å². The van der Waals surface area contributed by atoms with Gasteiger partial charge in [0.2, 0.25) is 0 Å². The molecule has 19 heavy (non-hydrogen) atoms. The van der Waals surface area contributed by atoms with Gasteiger partial charge in [0.05, 0.1) is 11.0 Å². The largest absolute Gasteiger partial charge is 0.392 e. The Morgan fingerprint density at radius 1 is 1.26 bits per heavy atom. The van der Waals surface area contributed by atoms with Crippen LogP contribution < -0.4 is 5.73 Å². The van der Waals surface area contributed by atoms with Crippen LogP contribution in [0.5, 0.6) is 0 Å². The lowest BCUT2D eigenvalue weighted by Crippen LogP contribution is -2.52. The summed E-state index contributed by atoms with van der Waals surface area (Å²) in [5, 5.41) is 0. The van der Waals surface area contributed by atoms with Crippen molar-refractivity contribution in [2.75, 3.05) is 26.2 Å². The number of hydrogen-bond acceptors (Lipinski definition) is 3. The minimum atomic E-state index is 0.218. The summed E-state index contributed by atoms with van der Waals surface area (Å²) in [6.07, 6.45) is 0. The van der Waals surface area contributed by atoms with Gasteiger partial charge in [-0.05, 0) is 25.0 Å². The molecule has 1 saturated heterocycles. The summed E-state index contributed by atoms with van der Waals surface area (Å²) in [6.45, 7) is 9.58. The Bertz CT molecular complexity index is 439. The topological polar surface area (TPSA) is 32.5 Å². The zero-order valence-corrected chi connectivity index (χ0v) is 12.6. The molecule has 1 aliphatic rings. The monoisotopic (exact) mass is 277 g/mol. The third-order valence-corrected chi connectivity index (χ3v) is 4.36. The van der Waals surface area contributed by atoms with Gasteiger partial charge in [-0.3, -0.25) is 9.80 Å². The molecule has 0 radical (unpaired) electrons. The second-order valence-electron chi connectivity index (χ2n) is 5.32. The molecular formula is C15H23N3S. The van der Waals surface area contributed by atoms with E-state index in [2.05, 4.69) is 47.9 Å². The highest BCUT2D eigenvalue weighted by Gasteiger charge is 2.22. The lowest BCUT2D eigenvalue weighted by molar-refractivity contribution is 0.118. The van der Waals surface area contributed by atoms with Crippen molar-refractivity contribution in [1.29, 1.82) is 0 Å². The van der Waals surface area contributed by atoms with Crippen LogP contribution in [0, 0.1) is 6.92 Å². The van der Waals surface area contributed by atoms with Crippen molar-refractivity contribution in [2.45, 2.75) is 26.4 Å². The highest BCUT2D eigenvalue weighted by Crippen LogP contribution is 2.13. The first-order chi connectivity index (χ1) is 9.08. The predicted octanol–water partition coefficient (Wildman–Crippen LogP) is 1.79. The highest BCUT2D eigenvalue weighted by atomic mass is 32.1. The molecule has 3 nitrogen and oxygen atoms in total. The molecule has 1 unspecified atom stereocenters. The van der Waals surface area contributed by atoms with E-state index in [4.69, 9.17) is 18.0 Å². The molecule has 0 amide bonds. The number of hydrogen-bond donors (Lipinski definition) is 1. The first-order valence-electron chi connectivity index (χ1n) is 6.88. The summed E-state index contributed by atoms with van der Waals surface area (Å²) in [6, 6.07) is 8.84. The number of nitrogens with two attached hydrogens (primary N) is 1. The third-order valence-electron chi connectivity index (χ3n) is 4.02. The van der Waals surface area contributed by atoms with Gasteiger partial charge in [-0.25, -0.2) is 0 Å². The second-order valence-corrected chi connectivity index (χ2v) is 5.79. The Morgan fingerprint density at radius 3 is 2.47 bits per heavy atom. The Kier molecular flexibility index (Phi) is 4.91. The fraction of sp³-hybridized carbons (Fsp3) is 0.533. The Balaban J connectivity index is 1.87. The van der Waals surface area contributed by atoms with Crippen LogP contribution in [0.3, 0.4) is 0 Å². The van der Waals surface area contributed by atoms with E-state index in [9.17, 15) is 0 Å². The van der Waals surface area contributed by atoms with Crippen molar-refractivity contribution < 1.29 is 0 Å². The molecule has 4 heteroatoms. The first-order valence-corrected chi connectivity index (χ1v) is 7.29. The Morgan fingerprint density at radius 2 is 1.89 bits per heavy atom. The molecule has 1 aromatic carbocycles. The quantitative estimate of drug-likeness (QED) is 0.851. The number of rotatable bonds is 4. The second kappa shape index (κ2) is 6.46. The normalized spacial score (nSPS) is 19.3. The molecular weight excluding hydrogens is 254 g/mol. The van der Waals surface area contributed by atoms with E-state index in [0.29, 0.717) is 4.99 Å². The van der Waals surface area contributed by atoms with Crippen molar-refractivity contribution in [3.05, 3.63) is 35.4 Å². The van der Waals surface area contributed by atoms with E-state index in [-0.39, 0.29) is 6.04 Å². The van der Waals surface area contributed by atoms with Crippen molar-refractivity contribution in [3.63, 3.8) is 0 Å². The third kappa shape index (κ3) is 3.75. The lowest BCUT2D eigenvalue weighted by Gasteiger charge is -2.37. The molecule has 0 aliphatic carbocycles. The average Bonchev–Trinajstić information content (AvgIpc) is 2.41. The zero-order valence-electron chi connectivity index (χ0n) is 11.8. The van der Waals surface area contributed by atoms with Gasteiger partial charge in [0.15, 0.2) is 0 Å². The fourth-order valence-electron chi connectivity index (χ4n) is 2.52. The van der Waals surface area contributed by atoms with Crippen LogP contribution in [-0.2, 0) is 6.54 Å². The average molecular weight is 277 g/mol. The molecule has 2 N–H and O–H groups in total. The SMILES string of the molecule is Cc1ccccc1CN1CCN(C(C)C(N)=S)CC1. The first kappa shape index (κ1) is 14.4. The van der Waals surface area contributed by atoms with E-state index in [1.807, 2.05) is 0 Å². The number of nitrogens with zero attached hydrogens (tertiary/aromatic N) is 2. The van der Waals surface area contributed by atoms with Gasteiger partial charge in [-0.15, -0.1) is 0 Å². The summed E-state index contributed by atoms with van der Waals surface area (Å²) in [7, 11) is 0. The molecule has 0 aromatic heterocycles. The number of piperazine rings is 1. The summed E-state index contributed by atoms with van der Waals surface area (Å²) in [4.78, 5) is 5.48. The van der Waals surface area contributed by atoms with Crippen LogP contribution in [0.2, 0.25) is 0 Å². The molecule has 1 atom stereocenters. The van der Waals surface area contributed by atoms with E-state index in [0.717, 1.165) is 32.7 Å². The van der Waals surface area contributed by atoms with Crippen molar-refractivity contribution >= 4 is 17.2 Å². The van der Waals surface area contributed by atoms with Crippen LogP contribution in [0.4, 0.5) is 0 Å². The van der Waals surface area contributed by atoms with Gasteiger partial charge >= 0.3 is 0 Å². The van der Waals surface area contributed by atoms with Crippen LogP contribution in [0.1, 0.15) is 18.1 Å². The lowest BCUT2D eigenvalue weighted by atomic mass is 10.1. The number of aryl methyl sites for hydroxylation is 1. The van der Waals surface area contributed by atoms with Gasteiger partial charge in [0.1, 0.15) is 0 Å².